The number of hydrogen-bond donors (Lipinski definition) is 1. The summed E-state index contributed by atoms with van der Waals surface area (Å²) < 4.78 is 1.95. The van der Waals surface area contributed by atoms with Crippen molar-refractivity contribution >= 4 is 5.91 Å². The third-order valence-corrected chi connectivity index (χ3v) is 6.80. The van der Waals surface area contributed by atoms with Crippen molar-refractivity contribution in [3.63, 3.8) is 0 Å². The van der Waals surface area contributed by atoms with Crippen molar-refractivity contribution in [2.24, 2.45) is 13.0 Å². The summed E-state index contributed by atoms with van der Waals surface area (Å²) in [6.45, 7) is 7.89. The van der Waals surface area contributed by atoms with Gasteiger partial charge in [-0.15, -0.1) is 0 Å². The van der Waals surface area contributed by atoms with Crippen molar-refractivity contribution in [2.75, 3.05) is 26.2 Å². The third-order valence-electron chi connectivity index (χ3n) is 6.80. The Labute approximate surface area is 179 Å². The van der Waals surface area contributed by atoms with E-state index in [2.05, 4.69) is 32.1 Å². The smallest absolute Gasteiger partial charge is 0.224 e. The number of likely N-dealkylation sites (tertiary alicyclic amines) is 2. The molecular weight excluding hydrogens is 376 g/mol. The zero-order chi connectivity index (χ0) is 20.9. The van der Waals surface area contributed by atoms with Gasteiger partial charge in [-0.1, -0.05) is 6.07 Å². The van der Waals surface area contributed by atoms with Gasteiger partial charge in [0.15, 0.2) is 0 Å². The molecule has 0 unspecified atom stereocenters. The van der Waals surface area contributed by atoms with Crippen LogP contribution in [0.4, 0.5) is 0 Å². The molecule has 7 heteroatoms. The first-order valence-corrected chi connectivity index (χ1v) is 11.2. The maximum Gasteiger partial charge on any atom is 0.224 e. The number of carbonyl (C=O) groups is 1. The highest BCUT2D eigenvalue weighted by molar-refractivity contribution is 5.78. The van der Waals surface area contributed by atoms with Gasteiger partial charge < -0.3 is 5.32 Å². The Hall–Kier alpha value is -2.25. The van der Waals surface area contributed by atoms with Crippen LogP contribution in [0.2, 0.25) is 0 Å². The average molecular weight is 411 g/mol. The summed E-state index contributed by atoms with van der Waals surface area (Å²) >= 11 is 0. The Balaban J connectivity index is 1.24. The quantitative estimate of drug-likeness (QED) is 0.790. The van der Waals surface area contributed by atoms with Gasteiger partial charge in [-0.2, -0.15) is 5.10 Å². The molecule has 0 aromatic carbocycles. The minimum Gasteiger partial charge on any atom is -0.350 e. The van der Waals surface area contributed by atoms with Crippen LogP contribution in [0.1, 0.15) is 42.6 Å². The van der Waals surface area contributed by atoms with Crippen molar-refractivity contribution in [2.45, 2.75) is 51.7 Å². The minimum atomic E-state index is 0.0959. The normalized spacial score (nSPS) is 21.6. The molecular formula is C23H34N6O. The molecule has 2 aliphatic heterocycles. The standard InChI is InChI=1S/C23H34N6O/c1-18-20(14-26-27(18)2)16-28-12-8-22(9-13-28)29-11-5-6-19(17-29)23(30)25-15-21-7-3-4-10-24-21/h3-4,7,10,14,19,22H,5-6,8-9,11-13,15-17H2,1-2H3,(H,25,30)/t19-/m0/s1. The second-order valence-electron chi connectivity index (χ2n) is 8.76. The van der Waals surface area contributed by atoms with Gasteiger partial charge in [0.25, 0.3) is 0 Å². The van der Waals surface area contributed by atoms with E-state index in [1.165, 1.54) is 24.1 Å². The number of nitrogens with zero attached hydrogens (tertiary/aromatic N) is 5. The Kier molecular flexibility index (Phi) is 6.79. The van der Waals surface area contributed by atoms with E-state index in [-0.39, 0.29) is 11.8 Å². The molecule has 4 rings (SSSR count). The van der Waals surface area contributed by atoms with Crippen LogP contribution in [0, 0.1) is 12.8 Å². The number of carbonyl (C=O) groups excluding carboxylic acids is 1. The van der Waals surface area contributed by atoms with Gasteiger partial charge in [0.1, 0.15) is 0 Å². The summed E-state index contributed by atoms with van der Waals surface area (Å²) in [4.78, 5) is 22.1. The summed E-state index contributed by atoms with van der Waals surface area (Å²) in [7, 11) is 2.00. The predicted molar refractivity (Wildman–Crippen MR) is 117 cm³/mol. The SMILES string of the molecule is Cc1c(CN2CCC(N3CCC[C@H](C(=O)NCc4ccccn4)C3)CC2)cnn1C. The monoisotopic (exact) mass is 410 g/mol. The lowest BCUT2D eigenvalue weighted by molar-refractivity contribution is -0.127. The molecule has 0 radical (unpaired) electrons. The van der Waals surface area contributed by atoms with Gasteiger partial charge >= 0.3 is 0 Å². The molecule has 1 atom stereocenters. The lowest BCUT2D eigenvalue weighted by atomic mass is 9.93. The number of piperidine rings is 2. The average Bonchev–Trinajstić information content (AvgIpc) is 3.11. The molecule has 0 saturated carbocycles. The first kappa shape index (κ1) is 21.0. The van der Waals surface area contributed by atoms with E-state index in [1.54, 1.807) is 6.20 Å². The molecule has 2 aromatic rings. The Bertz CT molecular complexity index is 827. The lowest BCUT2D eigenvalue weighted by Gasteiger charge is -2.42. The highest BCUT2D eigenvalue weighted by Crippen LogP contribution is 2.25. The molecule has 30 heavy (non-hydrogen) atoms. The van der Waals surface area contributed by atoms with Gasteiger partial charge in [-0.3, -0.25) is 24.3 Å². The lowest BCUT2D eigenvalue weighted by Crippen LogP contribution is -2.50. The van der Waals surface area contributed by atoms with Gasteiger partial charge in [0.2, 0.25) is 5.91 Å². The van der Waals surface area contributed by atoms with Crippen LogP contribution in [0.15, 0.2) is 30.6 Å². The molecule has 2 fully saturated rings. The number of aromatic nitrogens is 3. The van der Waals surface area contributed by atoms with Crippen LogP contribution in [0.5, 0.6) is 0 Å². The van der Waals surface area contributed by atoms with Crippen LogP contribution in [-0.4, -0.2) is 62.7 Å². The van der Waals surface area contributed by atoms with Crippen molar-refractivity contribution in [1.29, 1.82) is 0 Å². The van der Waals surface area contributed by atoms with E-state index in [0.29, 0.717) is 12.6 Å². The summed E-state index contributed by atoms with van der Waals surface area (Å²) in [6, 6.07) is 6.41. The number of aryl methyl sites for hydroxylation is 1. The van der Waals surface area contributed by atoms with Crippen LogP contribution in [0.25, 0.3) is 0 Å². The fourth-order valence-corrected chi connectivity index (χ4v) is 4.76. The Morgan fingerprint density at radius 1 is 1.20 bits per heavy atom. The molecule has 0 aliphatic carbocycles. The summed E-state index contributed by atoms with van der Waals surface area (Å²) in [5.41, 5.74) is 3.50. The molecule has 4 heterocycles. The number of hydrogen-bond acceptors (Lipinski definition) is 5. The predicted octanol–water partition coefficient (Wildman–Crippen LogP) is 2.12. The van der Waals surface area contributed by atoms with Gasteiger partial charge in [0.05, 0.1) is 24.4 Å². The summed E-state index contributed by atoms with van der Waals surface area (Å²) in [5, 5.41) is 7.46. The van der Waals surface area contributed by atoms with Gasteiger partial charge in [-0.05, 0) is 64.4 Å². The van der Waals surface area contributed by atoms with E-state index in [0.717, 1.165) is 51.3 Å². The Morgan fingerprint density at radius 3 is 2.73 bits per heavy atom. The Morgan fingerprint density at radius 2 is 2.03 bits per heavy atom. The van der Waals surface area contributed by atoms with Crippen molar-refractivity contribution in [3.05, 3.63) is 47.5 Å². The van der Waals surface area contributed by atoms with Crippen LogP contribution in [0.3, 0.4) is 0 Å². The maximum atomic E-state index is 12.7. The van der Waals surface area contributed by atoms with Crippen molar-refractivity contribution in [3.8, 4) is 0 Å². The van der Waals surface area contributed by atoms with E-state index >= 15 is 0 Å². The molecule has 0 bridgehead atoms. The number of pyridine rings is 1. The first-order chi connectivity index (χ1) is 14.6. The molecule has 2 saturated heterocycles. The van der Waals surface area contributed by atoms with Crippen LogP contribution >= 0.6 is 0 Å². The third kappa shape index (κ3) is 5.08. The largest absolute Gasteiger partial charge is 0.350 e. The minimum absolute atomic E-state index is 0.0959. The zero-order valence-electron chi connectivity index (χ0n) is 18.3. The molecule has 7 nitrogen and oxygen atoms in total. The molecule has 2 aliphatic rings. The molecule has 0 spiro atoms. The fraction of sp³-hybridized carbons (Fsp3) is 0.609. The topological polar surface area (TPSA) is 66.3 Å². The van der Waals surface area contributed by atoms with Gasteiger partial charge in [0, 0.05) is 43.6 Å². The van der Waals surface area contributed by atoms with E-state index < -0.39 is 0 Å². The zero-order valence-corrected chi connectivity index (χ0v) is 18.3. The van der Waals surface area contributed by atoms with Crippen LogP contribution < -0.4 is 5.32 Å². The number of rotatable bonds is 6. The van der Waals surface area contributed by atoms with Crippen molar-refractivity contribution < 1.29 is 4.79 Å². The number of amides is 1. The number of nitrogens with one attached hydrogen (secondary N) is 1. The van der Waals surface area contributed by atoms with Gasteiger partial charge in [-0.25, -0.2) is 0 Å². The van der Waals surface area contributed by atoms with E-state index in [9.17, 15) is 4.79 Å². The molecule has 162 valence electrons. The van der Waals surface area contributed by atoms with Crippen molar-refractivity contribution in [1.82, 2.24) is 29.9 Å². The molecule has 1 amide bonds. The van der Waals surface area contributed by atoms with E-state index in [4.69, 9.17) is 0 Å². The highest BCUT2D eigenvalue weighted by atomic mass is 16.1. The van der Waals surface area contributed by atoms with E-state index in [1.807, 2.05) is 36.1 Å². The fourth-order valence-electron chi connectivity index (χ4n) is 4.76. The molecule has 1 N–H and O–H groups in total. The summed E-state index contributed by atoms with van der Waals surface area (Å²) in [6.07, 6.45) is 8.23. The maximum absolute atomic E-state index is 12.7. The first-order valence-electron chi connectivity index (χ1n) is 11.2. The highest BCUT2D eigenvalue weighted by Gasteiger charge is 2.31. The second-order valence-corrected chi connectivity index (χ2v) is 8.76. The summed E-state index contributed by atoms with van der Waals surface area (Å²) in [5.74, 6) is 0.272. The van der Waals surface area contributed by atoms with Crippen LogP contribution in [-0.2, 0) is 24.9 Å². The second kappa shape index (κ2) is 9.71. The molecule has 2 aromatic heterocycles.